The highest BCUT2D eigenvalue weighted by Crippen LogP contribution is 2.34. The number of hydrogen-bond acceptors (Lipinski definition) is 4. The summed E-state index contributed by atoms with van der Waals surface area (Å²) in [6, 6.07) is 4.34. The molecule has 1 unspecified atom stereocenters. The standard InChI is InChI=1S/C15H19F3N2O3S/c1-9-4-7-14(20-24(21,22)15(16,17)18)13(8-9)10(2)19-23-11(3)12-5-6-12/h4,7-8,11-12,20H,5-6H2,1-3H3/b19-10+. The van der Waals surface area contributed by atoms with E-state index in [0.717, 1.165) is 18.4 Å². The highest BCUT2D eigenvalue weighted by Gasteiger charge is 2.46. The second-order valence-corrected chi connectivity index (χ2v) is 7.60. The summed E-state index contributed by atoms with van der Waals surface area (Å²) in [4.78, 5) is 5.36. The van der Waals surface area contributed by atoms with Crippen LogP contribution in [0.4, 0.5) is 18.9 Å². The van der Waals surface area contributed by atoms with Crippen molar-refractivity contribution in [1.82, 2.24) is 0 Å². The fourth-order valence-electron chi connectivity index (χ4n) is 2.11. The highest BCUT2D eigenvalue weighted by molar-refractivity contribution is 7.93. The Morgan fingerprint density at radius 3 is 2.54 bits per heavy atom. The van der Waals surface area contributed by atoms with E-state index >= 15 is 0 Å². The van der Waals surface area contributed by atoms with Gasteiger partial charge in [0.05, 0.1) is 11.4 Å². The summed E-state index contributed by atoms with van der Waals surface area (Å²) < 4.78 is 62.0. The molecule has 0 spiro atoms. The summed E-state index contributed by atoms with van der Waals surface area (Å²) in [6.07, 6.45) is 2.05. The number of aryl methyl sites for hydroxylation is 1. The third kappa shape index (κ3) is 4.40. The summed E-state index contributed by atoms with van der Waals surface area (Å²) in [5.74, 6) is 0.447. The molecule has 0 aromatic heterocycles. The largest absolute Gasteiger partial charge is 0.516 e. The molecular formula is C15H19F3N2O3S. The Hall–Kier alpha value is -1.77. The van der Waals surface area contributed by atoms with Gasteiger partial charge in [-0.25, -0.2) is 0 Å². The third-order valence-corrected chi connectivity index (χ3v) is 4.85. The van der Waals surface area contributed by atoms with Crippen LogP contribution in [-0.4, -0.2) is 25.7 Å². The second-order valence-electron chi connectivity index (χ2n) is 5.92. The van der Waals surface area contributed by atoms with Crippen LogP contribution >= 0.6 is 0 Å². The van der Waals surface area contributed by atoms with Gasteiger partial charge >= 0.3 is 15.5 Å². The molecule has 2 rings (SSSR count). The molecule has 1 atom stereocenters. The van der Waals surface area contributed by atoms with Crippen molar-refractivity contribution in [2.24, 2.45) is 11.1 Å². The SMILES string of the molecule is C/C(=N\OC(C)C1CC1)c1cc(C)ccc1NS(=O)(=O)C(F)(F)F. The van der Waals surface area contributed by atoms with E-state index in [-0.39, 0.29) is 17.4 Å². The van der Waals surface area contributed by atoms with Crippen LogP contribution in [0.5, 0.6) is 0 Å². The lowest BCUT2D eigenvalue weighted by molar-refractivity contribution is -0.0429. The maximum absolute atomic E-state index is 12.6. The van der Waals surface area contributed by atoms with E-state index in [1.807, 2.05) is 6.92 Å². The van der Waals surface area contributed by atoms with Gasteiger partial charge in [0, 0.05) is 5.56 Å². The van der Waals surface area contributed by atoms with Gasteiger partial charge in [-0.1, -0.05) is 16.8 Å². The fourth-order valence-corrected chi connectivity index (χ4v) is 2.70. The molecule has 1 fully saturated rings. The van der Waals surface area contributed by atoms with Crippen molar-refractivity contribution < 1.29 is 26.4 Å². The number of sulfonamides is 1. The van der Waals surface area contributed by atoms with Crippen molar-refractivity contribution >= 4 is 21.4 Å². The molecule has 1 aromatic carbocycles. The summed E-state index contributed by atoms with van der Waals surface area (Å²) in [5.41, 5.74) is -4.29. The fraction of sp³-hybridized carbons (Fsp3) is 0.533. The molecule has 9 heteroatoms. The number of oxime groups is 1. The van der Waals surface area contributed by atoms with Gasteiger partial charge < -0.3 is 4.84 Å². The van der Waals surface area contributed by atoms with Crippen LogP contribution in [0.3, 0.4) is 0 Å². The molecule has 134 valence electrons. The molecule has 0 bridgehead atoms. The topological polar surface area (TPSA) is 67.8 Å². The maximum Gasteiger partial charge on any atom is 0.516 e. The van der Waals surface area contributed by atoms with Gasteiger partial charge in [-0.2, -0.15) is 21.6 Å². The zero-order valence-corrected chi connectivity index (χ0v) is 14.3. The zero-order chi connectivity index (χ0) is 18.1. The van der Waals surface area contributed by atoms with E-state index in [9.17, 15) is 21.6 Å². The van der Waals surface area contributed by atoms with Gasteiger partial charge in [-0.15, -0.1) is 0 Å². The summed E-state index contributed by atoms with van der Waals surface area (Å²) >= 11 is 0. The summed E-state index contributed by atoms with van der Waals surface area (Å²) in [6.45, 7) is 5.17. The van der Waals surface area contributed by atoms with Gasteiger partial charge in [0.1, 0.15) is 6.10 Å². The molecular weight excluding hydrogens is 345 g/mol. The lowest BCUT2D eigenvalue weighted by atomic mass is 10.1. The van der Waals surface area contributed by atoms with Crippen LogP contribution in [0.15, 0.2) is 23.4 Å². The molecule has 0 saturated heterocycles. The lowest BCUT2D eigenvalue weighted by Crippen LogP contribution is -2.30. The number of benzene rings is 1. The van der Waals surface area contributed by atoms with E-state index in [0.29, 0.717) is 11.6 Å². The monoisotopic (exact) mass is 364 g/mol. The second kappa shape index (κ2) is 6.62. The molecule has 0 aliphatic heterocycles. The number of alkyl halides is 3. The molecule has 1 saturated carbocycles. The number of halogens is 3. The molecule has 1 aromatic rings. The number of hydrogen-bond donors (Lipinski definition) is 1. The Kier molecular flexibility index (Phi) is 5.12. The van der Waals surface area contributed by atoms with E-state index in [2.05, 4.69) is 5.16 Å². The summed E-state index contributed by atoms with van der Waals surface area (Å²) in [5, 5.41) is 3.95. The molecule has 0 amide bonds. The predicted octanol–water partition coefficient (Wildman–Crippen LogP) is 3.80. The average Bonchev–Trinajstić information content (AvgIpc) is 3.29. The third-order valence-electron chi connectivity index (χ3n) is 3.76. The first-order valence-electron chi connectivity index (χ1n) is 7.42. The van der Waals surface area contributed by atoms with E-state index < -0.39 is 15.5 Å². The maximum atomic E-state index is 12.6. The number of rotatable bonds is 6. The van der Waals surface area contributed by atoms with E-state index in [1.165, 1.54) is 12.1 Å². The Morgan fingerprint density at radius 2 is 2.00 bits per heavy atom. The number of anilines is 1. The molecule has 5 nitrogen and oxygen atoms in total. The Bertz CT molecular complexity index is 741. The van der Waals surface area contributed by atoms with Crippen molar-refractivity contribution in [3.05, 3.63) is 29.3 Å². The van der Waals surface area contributed by atoms with Crippen LogP contribution < -0.4 is 4.72 Å². The zero-order valence-electron chi connectivity index (χ0n) is 13.5. The first-order valence-corrected chi connectivity index (χ1v) is 8.90. The van der Waals surface area contributed by atoms with E-state index in [1.54, 1.807) is 24.6 Å². The van der Waals surface area contributed by atoms with Crippen molar-refractivity contribution in [3.63, 3.8) is 0 Å². The molecule has 0 radical (unpaired) electrons. The van der Waals surface area contributed by atoms with Gasteiger partial charge in [0.2, 0.25) is 0 Å². The number of nitrogens with zero attached hydrogens (tertiary/aromatic N) is 1. The van der Waals surface area contributed by atoms with Gasteiger partial charge in [-0.05, 0) is 51.7 Å². The smallest absolute Gasteiger partial charge is 0.392 e. The minimum atomic E-state index is -5.50. The van der Waals surface area contributed by atoms with Crippen molar-refractivity contribution in [2.75, 3.05) is 4.72 Å². The Morgan fingerprint density at radius 1 is 1.38 bits per heavy atom. The normalized spacial score (nSPS) is 17.5. The first-order chi connectivity index (χ1) is 11.0. The van der Waals surface area contributed by atoms with Crippen LogP contribution in [0.2, 0.25) is 0 Å². The first kappa shape index (κ1) is 18.6. The lowest BCUT2D eigenvalue weighted by Gasteiger charge is -2.15. The van der Waals surface area contributed by atoms with Crippen molar-refractivity contribution in [2.45, 2.75) is 45.2 Å². The predicted molar refractivity (Wildman–Crippen MR) is 85.3 cm³/mol. The Labute approximate surface area is 138 Å². The Balaban J connectivity index is 2.28. The molecule has 24 heavy (non-hydrogen) atoms. The minimum absolute atomic E-state index is 0.0833. The van der Waals surface area contributed by atoms with Gasteiger partial charge in [0.25, 0.3) is 0 Å². The quantitative estimate of drug-likeness (QED) is 0.617. The van der Waals surface area contributed by atoms with E-state index in [4.69, 9.17) is 4.84 Å². The summed E-state index contributed by atoms with van der Waals surface area (Å²) in [7, 11) is -5.50. The van der Waals surface area contributed by atoms with Crippen LogP contribution in [-0.2, 0) is 14.9 Å². The van der Waals surface area contributed by atoms with Crippen LogP contribution in [0, 0.1) is 12.8 Å². The molecule has 1 aliphatic rings. The molecule has 0 heterocycles. The van der Waals surface area contributed by atoms with Gasteiger partial charge in [0.15, 0.2) is 0 Å². The highest BCUT2D eigenvalue weighted by atomic mass is 32.2. The average molecular weight is 364 g/mol. The van der Waals surface area contributed by atoms with Gasteiger partial charge in [-0.3, -0.25) is 4.72 Å². The number of nitrogens with one attached hydrogen (secondary N) is 1. The molecule has 1 aliphatic carbocycles. The van der Waals surface area contributed by atoms with Crippen molar-refractivity contribution in [3.8, 4) is 0 Å². The molecule has 1 N–H and O–H groups in total. The van der Waals surface area contributed by atoms with Crippen molar-refractivity contribution in [1.29, 1.82) is 0 Å². The van der Waals surface area contributed by atoms with Crippen LogP contribution in [0.1, 0.15) is 37.8 Å². The minimum Gasteiger partial charge on any atom is -0.392 e. The van der Waals surface area contributed by atoms with Crippen LogP contribution in [0.25, 0.3) is 0 Å².